The Morgan fingerprint density at radius 1 is 1.25 bits per heavy atom. The predicted molar refractivity (Wildman–Crippen MR) is 16.1 cm³/mol. The molecule has 2 nitrogen and oxygen atoms in total. The van der Waals surface area contributed by atoms with Gasteiger partial charge in [0.15, 0.2) is 12.3 Å². The van der Waals surface area contributed by atoms with Crippen molar-refractivity contribution in [3.63, 3.8) is 0 Å². The predicted octanol–water partition coefficient (Wildman–Crippen LogP) is 0.747. The largest absolute Gasteiger partial charge is 0.307 e. The van der Waals surface area contributed by atoms with E-state index in [4.69, 9.17) is 9.11 Å². The zero-order chi connectivity index (χ0) is 2.71. The molecule has 0 aromatic heterocycles. The van der Waals surface area contributed by atoms with E-state index in [1.165, 1.54) is 0 Å². The van der Waals surface area contributed by atoms with Crippen molar-refractivity contribution in [2.45, 2.75) is 0 Å². The van der Waals surface area contributed by atoms with Crippen LogP contribution in [0, 0.1) is 7.43 Å². The van der Waals surface area contributed by atoms with Crippen LogP contribution in [0.4, 0.5) is 0 Å². The molecule has 0 unspecified atom stereocenters. The van der Waals surface area contributed by atoms with Crippen molar-refractivity contribution in [1.29, 1.82) is 0 Å². The van der Waals surface area contributed by atoms with Crippen LogP contribution in [0.25, 0.3) is 0 Å². The summed E-state index contributed by atoms with van der Waals surface area (Å²) in [6.45, 7) is 0. The van der Waals surface area contributed by atoms with Gasteiger partial charge in [-0.3, -0.25) is 0 Å². The van der Waals surface area contributed by atoms with Crippen molar-refractivity contribution in [1.82, 2.24) is 0 Å². The molecular weight excluding hydrogens is 76.1 g/mol. The third kappa shape index (κ3) is 50.2. The van der Waals surface area contributed by atoms with E-state index < -0.39 is 0 Å². The molecule has 0 aliphatic rings. The minimum absolute atomic E-state index is 0. The highest BCUT2D eigenvalue weighted by atomic mass is 32.2. The van der Waals surface area contributed by atoms with Crippen LogP contribution >= 0.6 is 12.3 Å². The molecule has 0 aliphatic carbocycles. The Morgan fingerprint density at radius 2 is 1.25 bits per heavy atom. The van der Waals surface area contributed by atoms with Gasteiger partial charge in [-0.15, -0.1) is 0 Å². The number of hydrogen-bond donors (Lipinski definition) is 2. The Hall–Kier alpha value is 0.270. The molecule has 24 valence electrons. The molecule has 0 fully saturated rings. The zero-order valence-corrected chi connectivity index (χ0v) is 2.62. The first-order valence-electron chi connectivity index (χ1n) is 0.365. The molecule has 0 aromatic rings. The summed E-state index contributed by atoms with van der Waals surface area (Å²) in [4.78, 5) is 0. The van der Waals surface area contributed by atoms with Crippen molar-refractivity contribution in [3.05, 3.63) is 7.43 Å². The van der Waals surface area contributed by atoms with E-state index in [1.54, 1.807) is 0 Å². The average molecular weight is 78.1 g/mol. The van der Waals surface area contributed by atoms with E-state index in [1.807, 2.05) is 0 Å². The van der Waals surface area contributed by atoms with Crippen molar-refractivity contribution in [3.8, 4) is 0 Å². The van der Waals surface area contributed by atoms with Crippen LogP contribution in [0.3, 0.4) is 0 Å². The summed E-state index contributed by atoms with van der Waals surface area (Å²) in [5.74, 6) is 0. The third-order valence-electron chi connectivity index (χ3n) is 0. The summed E-state index contributed by atoms with van der Waals surface area (Å²) in [6, 6.07) is 0. The van der Waals surface area contributed by atoms with Gasteiger partial charge in [0.05, 0.1) is 0 Å². The quantitative estimate of drug-likeness (QED) is 0.420. The lowest BCUT2D eigenvalue weighted by molar-refractivity contribution is 0.541. The zero-order valence-electron chi connectivity index (χ0n) is 1.80. The fourth-order valence-corrected chi connectivity index (χ4v) is 0. The maximum Gasteiger partial charge on any atom is 0.152 e. The van der Waals surface area contributed by atoms with Crippen LogP contribution < -0.4 is 0 Å². The maximum absolute atomic E-state index is 7.04. The molecule has 0 aliphatic heterocycles. The van der Waals surface area contributed by atoms with E-state index in [-0.39, 0.29) is 19.8 Å². The molecule has 0 bridgehead atoms. The molecule has 0 atom stereocenters. The monoisotopic (exact) mass is 78.0 g/mol. The molecule has 4 heavy (non-hydrogen) atoms. The maximum atomic E-state index is 7.04. The SMILES string of the molecule is OSO.[C]. The molecule has 0 saturated heterocycles. The standard InChI is InChI=1S/C.H2O2S/c;1-3-2/h;1-2H. The first-order valence-corrected chi connectivity index (χ1v) is 1.10. The molecule has 0 saturated carbocycles. The van der Waals surface area contributed by atoms with Crippen molar-refractivity contribution < 1.29 is 9.11 Å². The minimum atomic E-state index is -0.250. The summed E-state index contributed by atoms with van der Waals surface area (Å²) in [7, 11) is 0. The molecule has 0 spiro atoms. The summed E-state index contributed by atoms with van der Waals surface area (Å²) >= 11 is -0.250. The summed E-state index contributed by atoms with van der Waals surface area (Å²) in [5.41, 5.74) is 0. The normalized spacial score (nSPS) is 4.50. The Kier molecular flexibility index (Phi) is 23.1. The first-order chi connectivity index (χ1) is 1.41. The van der Waals surface area contributed by atoms with Gasteiger partial charge < -0.3 is 9.11 Å². The third-order valence-corrected chi connectivity index (χ3v) is 0. The Bertz CT molecular complexity index is 6.00. The Labute approximate surface area is 29.9 Å². The highest BCUT2D eigenvalue weighted by Crippen LogP contribution is 1.67. The van der Waals surface area contributed by atoms with E-state index in [0.717, 1.165) is 0 Å². The Morgan fingerprint density at radius 3 is 1.25 bits per heavy atom. The van der Waals surface area contributed by atoms with Crippen molar-refractivity contribution in [2.24, 2.45) is 0 Å². The van der Waals surface area contributed by atoms with Gasteiger partial charge in [0.25, 0.3) is 0 Å². The van der Waals surface area contributed by atoms with Crippen LogP contribution in [0.5, 0.6) is 0 Å². The highest BCUT2D eigenvalue weighted by molar-refractivity contribution is 7.87. The second-order valence-electron chi connectivity index (χ2n) is 0.0816. The van der Waals surface area contributed by atoms with E-state index in [0.29, 0.717) is 0 Å². The van der Waals surface area contributed by atoms with Gasteiger partial charge in [0.1, 0.15) is 0 Å². The molecule has 4 radical (unpaired) electrons. The van der Waals surface area contributed by atoms with E-state index in [9.17, 15) is 0 Å². The highest BCUT2D eigenvalue weighted by Gasteiger charge is 1.36. The molecule has 0 heterocycles. The van der Waals surface area contributed by atoms with Crippen LogP contribution in [-0.2, 0) is 0 Å². The topological polar surface area (TPSA) is 40.5 Å². The van der Waals surface area contributed by atoms with Crippen LogP contribution in [-0.4, -0.2) is 9.11 Å². The molecule has 2 N–H and O–H groups in total. The van der Waals surface area contributed by atoms with Crippen LogP contribution in [0.15, 0.2) is 0 Å². The fourth-order valence-electron chi connectivity index (χ4n) is 0. The summed E-state index contributed by atoms with van der Waals surface area (Å²) in [5, 5.41) is 0. The van der Waals surface area contributed by atoms with Gasteiger partial charge in [-0.2, -0.15) is 0 Å². The molecule has 0 rings (SSSR count). The van der Waals surface area contributed by atoms with Gasteiger partial charge in [-0.1, -0.05) is 0 Å². The summed E-state index contributed by atoms with van der Waals surface area (Å²) in [6.07, 6.45) is 0. The van der Waals surface area contributed by atoms with Gasteiger partial charge >= 0.3 is 0 Å². The van der Waals surface area contributed by atoms with Crippen molar-refractivity contribution >= 4 is 12.3 Å². The average Bonchev–Trinajstić information content (AvgIpc) is 0.918. The van der Waals surface area contributed by atoms with Crippen molar-refractivity contribution in [2.75, 3.05) is 0 Å². The van der Waals surface area contributed by atoms with Gasteiger partial charge in [-0.05, 0) is 0 Å². The lowest BCUT2D eigenvalue weighted by atomic mass is 12.0. The van der Waals surface area contributed by atoms with Crippen LogP contribution in [0.2, 0.25) is 0 Å². The lowest BCUT2D eigenvalue weighted by Crippen LogP contribution is -1.31. The Balaban J connectivity index is 0. The molecule has 3 heteroatoms. The fraction of sp³-hybridized carbons (Fsp3) is 0. The van der Waals surface area contributed by atoms with E-state index in [2.05, 4.69) is 0 Å². The smallest absolute Gasteiger partial charge is 0.152 e. The van der Waals surface area contributed by atoms with Crippen LogP contribution in [0.1, 0.15) is 0 Å². The first kappa shape index (κ1) is 8.86. The lowest BCUT2D eigenvalue weighted by Gasteiger charge is -1.51. The molecule has 0 amide bonds. The van der Waals surface area contributed by atoms with Gasteiger partial charge in [-0.25, -0.2) is 0 Å². The number of hydrogen-bond acceptors (Lipinski definition) is 3. The summed E-state index contributed by atoms with van der Waals surface area (Å²) < 4.78 is 14.1. The van der Waals surface area contributed by atoms with E-state index >= 15 is 0 Å². The van der Waals surface area contributed by atoms with Gasteiger partial charge in [0, 0.05) is 7.43 Å². The van der Waals surface area contributed by atoms with Gasteiger partial charge in [0.2, 0.25) is 0 Å². The molecule has 0 aromatic carbocycles. The second kappa shape index (κ2) is 10.4. The number of rotatable bonds is 0. The molecular formula is CH2O2S. The minimum Gasteiger partial charge on any atom is -0.307 e. The second-order valence-corrected chi connectivity index (χ2v) is 0.245.